The molecule has 0 saturated heterocycles. The number of ether oxygens (including phenoxy) is 1. The molecule has 0 radical (unpaired) electrons. The van der Waals surface area contributed by atoms with E-state index < -0.39 is 5.97 Å². The highest BCUT2D eigenvalue weighted by Crippen LogP contribution is 2.26. The summed E-state index contributed by atoms with van der Waals surface area (Å²) in [6.45, 7) is 2.54. The molecule has 1 amide bonds. The van der Waals surface area contributed by atoms with E-state index in [0.717, 1.165) is 27.5 Å². The Morgan fingerprint density at radius 2 is 1.74 bits per heavy atom. The van der Waals surface area contributed by atoms with E-state index in [2.05, 4.69) is 5.32 Å². The Balaban J connectivity index is 1.54. The number of carboxylic acid groups (broad SMARTS) is 1. The van der Waals surface area contributed by atoms with Crippen LogP contribution in [0.5, 0.6) is 5.75 Å². The van der Waals surface area contributed by atoms with Gasteiger partial charge in [0.2, 0.25) is 0 Å². The van der Waals surface area contributed by atoms with Crippen LogP contribution in [0.4, 0.5) is 0 Å². The van der Waals surface area contributed by atoms with Crippen LogP contribution in [0, 0.1) is 6.92 Å². The lowest BCUT2D eigenvalue weighted by Gasteiger charge is -2.14. The fraction of sp³-hybridized carbons (Fsp3) is 0.172. The van der Waals surface area contributed by atoms with Crippen LogP contribution in [-0.4, -0.2) is 17.0 Å². The van der Waals surface area contributed by atoms with Crippen molar-refractivity contribution >= 4 is 34.2 Å². The van der Waals surface area contributed by atoms with Gasteiger partial charge in [-0.15, -0.1) is 0 Å². The zero-order chi connectivity index (χ0) is 24.8. The molecule has 4 aromatic rings. The van der Waals surface area contributed by atoms with Crippen molar-refractivity contribution in [2.24, 2.45) is 0 Å². The largest absolute Gasteiger partial charge is 0.487 e. The van der Waals surface area contributed by atoms with Gasteiger partial charge in [-0.2, -0.15) is 0 Å². The van der Waals surface area contributed by atoms with Gasteiger partial charge in [0.1, 0.15) is 12.4 Å². The maximum Gasteiger partial charge on any atom is 0.303 e. The number of rotatable bonds is 9. The van der Waals surface area contributed by atoms with E-state index in [4.69, 9.17) is 21.4 Å². The number of benzene rings is 4. The summed E-state index contributed by atoms with van der Waals surface area (Å²) in [7, 11) is 0. The zero-order valence-electron chi connectivity index (χ0n) is 19.4. The van der Waals surface area contributed by atoms with Gasteiger partial charge in [0.15, 0.2) is 0 Å². The highest BCUT2D eigenvalue weighted by molar-refractivity contribution is 6.32. The molecular formula is C29H26ClNO4. The molecule has 4 rings (SSSR count). The van der Waals surface area contributed by atoms with Crippen molar-refractivity contribution in [3.8, 4) is 5.75 Å². The predicted octanol–water partition coefficient (Wildman–Crippen LogP) is 6.33. The van der Waals surface area contributed by atoms with Gasteiger partial charge in [0.25, 0.3) is 5.91 Å². The number of halogens is 1. The normalized spacial score (nSPS) is 10.8. The summed E-state index contributed by atoms with van der Waals surface area (Å²) in [5.74, 6) is -0.592. The number of fused-ring (bicyclic) bond motifs is 1. The highest BCUT2D eigenvalue weighted by atomic mass is 35.5. The van der Waals surface area contributed by atoms with Crippen LogP contribution < -0.4 is 10.1 Å². The van der Waals surface area contributed by atoms with Crippen molar-refractivity contribution in [1.82, 2.24) is 5.32 Å². The van der Waals surface area contributed by atoms with E-state index in [1.807, 2.05) is 67.6 Å². The summed E-state index contributed by atoms with van der Waals surface area (Å²) in [6.07, 6.45) is 0.204. The van der Waals surface area contributed by atoms with E-state index >= 15 is 0 Å². The van der Waals surface area contributed by atoms with E-state index in [1.165, 1.54) is 0 Å². The lowest BCUT2D eigenvalue weighted by molar-refractivity contribution is -0.136. The molecule has 2 N–H and O–H groups in total. The molecule has 0 fully saturated rings. The first kappa shape index (κ1) is 24.3. The fourth-order valence-corrected chi connectivity index (χ4v) is 4.16. The van der Waals surface area contributed by atoms with E-state index in [0.29, 0.717) is 28.4 Å². The van der Waals surface area contributed by atoms with Crippen LogP contribution in [-0.2, 0) is 24.4 Å². The van der Waals surface area contributed by atoms with Crippen molar-refractivity contribution in [1.29, 1.82) is 0 Å². The van der Waals surface area contributed by atoms with Crippen LogP contribution in [0.25, 0.3) is 10.8 Å². The van der Waals surface area contributed by atoms with Gasteiger partial charge in [-0.3, -0.25) is 9.59 Å². The molecule has 0 aliphatic carbocycles. The summed E-state index contributed by atoms with van der Waals surface area (Å²) in [5, 5.41) is 14.8. The molecule has 5 nitrogen and oxygen atoms in total. The minimum absolute atomic E-state index is 0.0572. The number of carboxylic acids is 1. The number of carbonyl (C=O) groups is 2. The predicted molar refractivity (Wildman–Crippen MR) is 138 cm³/mol. The van der Waals surface area contributed by atoms with Crippen LogP contribution in [0.1, 0.15) is 39.0 Å². The third kappa shape index (κ3) is 6.19. The summed E-state index contributed by atoms with van der Waals surface area (Å²) in [5.41, 5.74) is 3.96. The van der Waals surface area contributed by atoms with E-state index in [-0.39, 0.29) is 25.4 Å². The first-order chi connectivity index (χ1) is 16.9. The van der Waals surface area contributed by atoms with Crippen molar-refractivity contribution < 1.29 is 19.4 Å². The number of amides is 1. The Bertz CT molecular complexity index is 1380. The summed E-state index contributed by atoms with van der Waals surface area (Å²) < 4.78 is 5.90. The lowest BCUT2D eigenvalue weighted by Crippen LogP contribution is -2.24. The minimum Gasteiger partial charge on any atom is -0.487 e. The molecule has 6 heteroatoms. The Morgan fingerprint density at radius 3 is 2.57 bits per heavy atom. The maximum absolute atomic E-state index is 13.2. The van der Waals surface area contributed by atoms with E-state index in [1.54, 1.807) is 18.2 Å². The Hall–Kier alpha value is -3.83. The average molecular weight is 488 g/mol. The summed E-state index contributed by atoms with van der Waals surface area (Å²) >= 11 is 6.24. The molecule has 0 heterocycles. The van der Waals surface area contributed by atoms with Crippen molar-refractivity contribution in [2.75, 3.05) is 0 Å². The summed E-state index contributed by atoms with van der Waals surface area (Å²) in [6, 6.07) is 25.0. The molecule has 0 saturated carbocycles. The monoisotopic (exact) mass is 487 g/mol. The molecule has 0 aromatic heterocycles. The molecular weight excluding hydrogens is 462 g/mol. The van der Waals surface area contributed by atoms with Gasteiger partial charge in [-0.05, 0) is 64.6 Å². The van der Waals surface area contributed by atoms with Gasteiger partial charge < -0.3 is 15.2 Å². The number of hydrogen-bond donors (Lipinski definition) is 2. The second-order valence-corrected chi connectivity index (χ2v) is 8.84. The molecule has 0 bridgehead atoms. The van der Waals surface area contributed by atoms with Crippen LogP contribution in [0.3, 0.4) is 0 Å². The third-order valence-corrected chi connectivity index (χ3v) is 6.14. The Labute approximate surface area is 209 Å². The fourth-order valence-electron chi connectivity index (χ4n) is 3.98. The number of aliphatic carboxylic acids is 1. The first-order valence-corrected chi connectivity index (χ1v) is 11.8. The zero-order valence-corrected chi connectivity index (χ0v) is 20.1. The molecule has 35 heavy (non-hydrogen) atoms. The average Bonchev–Trinajstić information content (AvgIpc) is 2.86. The molecule has 0 aliphatic rings. The molecule has 178 valence electrons. The number of carbonyl (C=O) groups excluding carboxylic acids is 1. The third-order valence-electron chi connectivity index (χ3n) is 5.83. The van der Waals surface area contributed by atoms with Gasteiger partial charge in [-0.25, -0.2) is 0 Å². The van der Waals surface area contributed by atoms with E-state index in [9.17, 15) is 9.59 Å². The molecule has 0 unspecified atom stereocenters. The quantitative estimate of drug-likeness (QED) is 0.289. The van der Waals surface area contributed by atoms with Gasteiger partial charge >= 0.3 is 5.97 Å². The van der Waals surface area contributed by atoms with Crippen molar-refractivity contribution in [3.05, 3.63) is 112 Å². The number of aryl methyl sites for hydroxylation is 2. The maximum atomic E-state index is 13.2. The second kappa shape index (κ2) is 11.1. The molecule has 0 atom stereocenters. The molecule has 4 aromatic carbocycles. The number of nitrogens with one attached hydrogen (secondary N) is 1. The first-order valence-electron chi connectivity index (χ1n) is 11.4. The Morgan fingerprint density at radius 1 is 0.943 bits per heavy atom. The number of hydrogen-bond acceptors (Lipinski definition) is 3. The highest BCUT2D eigenvalue weighted by Gasteiger charge is 2.15. The van der Waals surface area contributed by atoms with Crippen molar-refractivity contribution in [2.45, 2.75) is 32.9 Å². The summed E-state index contributed by atoms with van der Waals surface area (Å²) in [4.78, 5) is 24.4. The van der Waals surface area contributed by atoms with Crippen LogP contribution in [0.15, 0.2) is 78.9 Å². The lowest BCUT2D eigenvalue weighted by atomic mass is 9.99. The van der Waals surface area contributed by atoms with Crippen LogP contribution in [0.2, 0.25) is 5.02 Å². The SMILES string of the molecule is Cc1ccc(Cl)c(OCc2ccc(CCC(=O)O)c(C(=O)NCc3cccc4ccccc34)c2)c1. The van der Waals surface area contributed by atoms with Gasteiger partial charge in [0, 0.05) is 18.5 Å². The molecule has 0 spiro atoms. The topological polar surface area (TPSA) is 75.6 Å². The van der Waals surface area contributed by atoms with Gasteiger partial charge in [0.05, 0.1) is 5.02 Å². The minimum atomic E-state index is -0.909. The van der Waals surface area contributed by atoms with Crippen LogP contribution >= 0.6 is 11.6 Å². The van der Waals surface area contributed by atoms with Crippen molar-refractivity contribution in [3.63, 3.8) is 0 Å². The Kier molecular flexibility index (Phi) is 7.68. The smallest absolute Gasteiger partial charge is 0.303 e. The standard InChI is InChI=1S/C29H26ClNO4/c1-19-9-13-26(30)27(15-19)35-18-20-10-11-22(12-14-28(32)33)25(16-20)29(34)31-17-23-7-4-6-21-5-2-3-8-24(21)23/h2-11,13,15-16H,12,14,17-18H2,1H3,(H,31,34)(H,32,33). The molecule has 0 aliphatic heterocycles. The second-order valence-electron chi connectivity index (χ2n) is 8.43. The van der Waals surface area contributed by atoms with Gasteiger partial charge in [-0.1, -0.05) is 72.3 Å².